The Morgan fingerprint density at radius 2 is 2.14 bits per heavy atom. The summed E-state index contributed by atoms with van der Waals surface area (Å²) in [4.78, 5) is 21.2. The van der Waals surface area contributed by atoms with Crippen molar-refractivity contribution in [1.29, 1.82) is 5.53 Å². The average Bonchev–Trinajstić information content (AvgIpc) is 3.14. The lowest BCUT2D eigenvalue weighted by Crippen LogP contribution is -2.49. The summed E-state index contributed by atoms with van der Waals surface area (Å²) in [5, 5.41) is 12.6. The number of likely N-dealkylation sites (tertiary alicyclic amines) is 1. The van der Waals surface area contributed by atoms with Gasteiger partial charge in [-0.1, -0.05) is 0 Å². The smallest absolute Gasteiger partial charge is 0.255 e. The highest BCUT2D eigenvalue weighted by Crippen LogP contribution is 2.34. The minimum atomic E-state index is -2.68. The van der Waals surface area contributed by atoms with Crippen molar-refractivity contribution >= 4 is 34.7 Å². The lowest BCUT2D eigenvalue weighted by atomic mass is 10.0. The molecule has 3 aromatic heterocycles. The van der Waals surface area contributed by atoms with Crippen LogP contribution >= 0.6 is 0 Å². The fraction of sp³-hybridized carbons (Fsp3) is 0.400. The van der Waals surface area contributed by atoms with Crippen LogP contribution in [-0.2, 0) is 4.79 Å². The Kier molecular flexibility index (Phi) is 6.66. The number of rotatable bonds is 7. The SMILES string of the molecule is CC(=O)N1CC[C@H](Nc2nc(N)c3c(-c4ccc(N=N)c(NCC(F)F)n4)c(F)cn3n2)[C@H](F)C1. The number of carbonyl (C=O) groups excluding carboxylic acids is 1. The van der Waals surface area contributed by atoms with Crippen LogP contribution in [0, 0.1) is 11.3 Å². The molecule has 186 valence electrons. The van der Waals surface area contributed by atoms with E-state index in [2.05, 4.69) is 30.8 Å². The number of piperidine rings is 1. The number of amides is 1. The van der Waals surface area contributed by atoms with Crippen LogP contribution in [0.1, 0.15) is 13.3 Å². The van der Waals surface area contributed by atoms with E-state index < -0.39 is 31.0 Å². The number of anilines is 3. The minimum absolute atomic E-state index is 0.00868. The van der Waals surface area contributed by atoms with Crippen LogP contribution in [0.4, 0.5) is 40.8 Å². The van der Waals surface area contributed by atoms with Gasteiger partial charge in [0.25, 0.3) is 6.43 Å². The number of nitrogens with two attached hydrogens (primary N) is 1. The molecule has 1 saturated heterocycles. The quantitative estimate of drug-likeness (QED) is 0.291. The summed E-state index contributed by atoms with van der Waals surface area (Å²) in [6.07, 6.45) is -2.69. The maximum atomic E-state index is 15.0. The van der Waals surface area contributed by atoms with Gasteiger partial charge in [0.15, 0.2) is 17.5 Å². The highest BCUT2D eigenvalue weighted by atomic mass is 19.3. The maximum Gasteiger partial charge on any atom is 0.255 e. The molecule has 1 fully saturated rings. The number of pyridine rings is 1. The molecular formula is C20H22F4N10O. The maximum absolute atomic E-state index is 15.0. The number of halogens is 4. The molecule has 4 rings (SSSR count). The van der Waals surface area contributed by atoms with Crippen molar-refractivity contribution in [2.45, 2.75) is 32.0 Å². The van der Waals surface area contributed by atoms with Crippen LogP contribution in [0.5, 0.6) is 0 Å². The van der Waals surface area contributed by atoms with Gasteiger partial charge in [-0.05, 0) is 18.6 Å². The third kappa shape index (κ3) is 4.93. The van der Waals surface area contributed by atoms with Gasteiger partial charge in [0.05, 0.1) is 36.6 Å². The zero-order valence-electron chi connectivity index (χ0n) is 18.5. The molecule has 0 unspecified atom stereocenters. The summed E-state index contributed by atoms with van der Waals surface area (Å²) in [6.45, 7) is 0.931. The van der Waals surface area contributed by atoms with E-state index in [0.29, 0.717) is 13.0 Å². The highest BCUT2D eigenvalue weighted by molar-refractivity contribution is 5.88. The summed E-state index contributed by atoms with van der Waals surface area (Å²) in [5.41, 5.74) is 13.3. The molecular weight excluding hydrogens is 472 g/mol. The largest absolute Gasteiger partial charge is 0.382 e. The Labute approximate surface area is 196 Å². The number of nitrogen functional groups attached to an aromatic ring is 1. The van der Waals surface area contributed by atoms with Gasteiger partial charge in [-0.15, -0.1) is 5.10 Å². The van der Waals surface area contributed by atoms with Crippen molar-refractivity contribution in [1.82, 2.24) is 24.5 Å². The molecule has 11 nitrogen and oxygen atoms in total. The monoisotopic (exact) mass is 494 g/mol. The number of hydrogen-bond donors (Lipinski definition) is 4. The first-order valence-electron chi connectivity index (χ1n) is 10.6. The fourth-order valence-corrected chi connectivity index (χ4v) is 3.89. The molecule has 0 bridgehead atoms. The minimum Gasteiger partial charge on any atom is -0.382 e. The first-order valence-corrected chi connectivity index (χ1v) is 10.6. The number of nitrogens with one attached hydrogen (secondary N) is 3. The normalized spacial score (nSPS) is 18.2. The molecule has 1 aliphatic rings. The second-order valence-electron chi connectivity index (χ2n) is 7.93. The van der Waals surface area contributed by atoms with Gasteiger partial charge in [0.2, 0.25) is 11.9 Å². The fourth-order valence-electron chi connectivity index (χ4n) is 3.89. The lowest BCUT2D eigenvalue weighted by Gasteiger charge is -2.34. The number of carbonyl (C=O) groups is 1. The molecule has 1 amide bonds. The third-order valence-corrected chi connectivity index (χ3v) is 5.59. The molecule has 0 aliphatic carbocycles. The zero-order valence-corrected chi connectivity index (χ0v) is 18.5. The first kappa shape index (κ1) is 24.1. The number of nitrogens with zero attached hydrogens (tertiary/aromatic N) is 6. The molecule has 1 aliphatic heterocycles. The number of fused-ring (bicyclic) bond motifs is 1. The molecule has 4 heterocycles. The van der Waals surface area contributed by atoms with Crippen molar-refractivity contribution in [2.75, 3.05) is 36.0 Å². The summed E-state index contributed by atoms with van der Waals surface area (Å²) in [6, 6.07) is 2.02. The zero-order chi connectivity index (χ0) is 25.3. The highest BCUT2D eigenvalue weighted by Gasteiger charge is 2.31. The molecule has 0 spiro atoms. The Hall–Kier alpha value is -4.04. The first-order chi connectivity index (χ1) is 16.7. The van der Waals surface area contributed by atoms with Gasteiger partial charge in [0.1, 0.15) is 17.4 Å². The molecule has 2 atom stereocenters. The summed E-state index contributed by atoms with van der Waals surface area (Å²) in [7, 11) is 0. The Bertz CT molecular complexity index is 1270. The van der Waals surface area contributed by atoms with E-state index in [1.54, 1.807) is 0 Å². The van der Waals surface area contributed by atoms with E-state index in [1.165, 1.54) is 24.0 Å². The number of aromatic nitrogens is 4. The van der Waals surface area contributed by atoms with Crippen molar-refractivity contribution in [3.05, 3.63) is 24.1 Å². The van der Waals surface area contributed by atoms with Gasteiger partial charge in [-0.2, -0.15) is 10.1 Å². The molecule has 35 heavy (non-hydrogen) atoms. The van der Waals surface area contributed by atoms with Gasteiger partial charge >= 0.3 is 0 Å². The predicted octanol–water partition coefficient (Wildman–Crippen LogP) is 3.22. The van der Waals surface area contributed by atoms with Crippen LogP contribution in [0.3, 0.4) is 0 Å². The molecule has 0 saturated carbocycles. The Morgan fingerprint density at radius 1 is 1.37 bits per heavy atom. The summed E-state index contributed by atoms with van der Waals surface area (Å²) >= 11 is 0. The van der Waals surface area contributed by atoms with Crippen LogP contribution in [0.25, 0.3) is 16.8 Å². The van der Waals surface area contributed by atoms with Crippen molar-refractivity contribution in [2.24, 2.45) is 5.11 Å². The summed E-state index contributed by atoms with van der Waals surface area (Å²) < 4.78 is 55.9. The van der Waals surface area contributed by atoms with Crippen molar-refractivity contribution in [3.63, 3.8) is 0 Å². The van der Waals surface area contributed by atoms with E-state index in [1.807, 2.05) is 0 Å². The van der Waals surface area contributed by atoms with E-state index in [9.17, 15) is 22.4 Å². The average molecular weight is 494 g/mol. The second-order valence-corrected chi connectivity index (χ2v) is 7.93. The van der Waals surface area contributed by atoms with Crippen LogP contribution in [-0.4, -0.2) is 68.7 Å². The lowest BCUT2D eigenvalue weighted by molar-refractivity contribution is -0.131. The van der Waals surface area contributed by atoms with Gasteiger partial charge in [-0.25, -0.2) is 32.6 Å². The van der Waals surface area contributed by atoms with Crippen molar-refractivity contribution < 1.29 is 22.4 Å². The van der Waals surface area contributed by atoms with Gasteiger partial charge < -0.3 is 21.3 Å². The van der Waals surface area contributed by atoms with Crippen molar-refractivity contribution in [3.8, 4) is 11.3 Å². The number of alkyl halides is 3. The molecule has 5 N–H and O–H groups in total. The van der Waals surface area contributed by atoms with E-state index >= 15 is 0 Å². The second kappa shape index (κ2) is 9.68. The van der Waals surface area contributed by atoms with Crippen LogP contribution < -0.4 is 16.4 Å². The van der Waals surface area contributed by atoms with Crippen LogP contribution in [0.2, 0.25) is 0 Å². The van der Waals surface area contributed by atoms with Gasteiger partial charge in [-0.3, -0.25) is 4.79 Å². The molecule has 0 radical (unpaired) electrons. The summed E-state index contributed by atoms with van der Waals surface area (Å²) in [5.74, 6) is -1.26. The molecule has 0 aromatic carbocycles. The van der Waals surface area contributed by atoms with E-state index in [0.717, 1.165) is 10.7 Å². The van der Waals surface area contributed by atoms with E-state index in [4.69, 9.17) is 11.3 Å². The van der Waals surface area contributed by atoms with Crippen LogP contribution in [0.15, 0.2) is 23.4 Å². The predicted molar refractivity (Wildman–Crippen MR) is 119 cm³/mol. The number of hydrogen-bond acceptors (Lipinski definition) is 9. The van der Waals surface area contributed by atoms with E-state index in [-0.39, 0.29) is 52.5 Å². The molecule has 15 heteroatoms. The van der Waals surface area contributed by atoms with Gasteiger partial charge in [0, 0.05) is 13.5 Å². The molecule has 3 aromatic rings. The Balaban J connectivity index is 1.65. The Morgan fingerprint density at radius 3 is 2.80 bits per heavy atom. The topological polar surface area (TPSA) is 150 Å². The standard InChI is InChI=1S/C20H22F4N10O/c1-9(35)33-5-4-12(10(21)7-33)29-20-30-18(25)17-16(11(22)8-34(17)32-20)13-2-3-14(31-26)19(28-13)27-6-15(23)24/h2-3,8,10,12,15,26H,4-7H2,1H3,(H,27,28)(H3,25,29,30,32)/t10-,12+/m1/s1. The third-order valence-electron chi connectivity index (χ3n) is 5.59.